The first-order valence-electron chi connectivity index (χ1n) is 5.68. The Kier molecular flexibility index (Phi) is 4.62. The van der Waals surface area contributed by atoms with Gasteiger partial charge in [-0.15, -0.1) is 0 Å². The summed E-state index contributed by atoms with van der Waals surface area (Å²) >= 11 is 2.19. The molecule has 0 unspecified atom stereocenters. The van der Waals surface area contributed by atoms with Gasteiger partial charge in [0.2, 0.25) is 0 Å². The van der Waals surface area contributed by atoms with Gasteiger partial charge in [0.15, 0.2) is 6.61 Å². The summed E-state index contributed by atoms with van der Waals surface area (Å²) < 4.78 is 6.46. The van der Waals surface area contributed by atoms with Crippen molar-refractivity contribution in [3.05, 3.63) is 52.1 Å². The first-order valence-corrected chi connectivity index (χ1v) is 6.76. The average Bonchev–Trinajstić information content (AvgIpc) is 2.39. The van der Waals surface area contributed by atoms with Crippen LogP contribution in [0, 0.1) is 3.57 Å². The monoisotopic (exact) mass is 368 g/mol. The highest BCUT2D eigenvalue weighted by atomic mass is 127. The lowest BCUT2D eigenvalue weighted by atomic mass is 10.3. The van der Waals surface area contributed by atoms with Crippen molar-refractivity contribution in [1.82, 2.24) is 0 Å². The lowest BCUT2D eigenvalue weighted by molar-refractivity contribution is -0.118. The molecule has 0 spiro atoms. The Morgan fingerprint density at radius 2 is 2.00 bits per heavy atom. The maximum Gasteiger partial charge on any atom is 0.262 e. The number of rotatable bonds is 4. The van der Waals surface area contributed by atoms with E-state index in [1.54, 1.807) is 12.1 Å². The number of para-hydroxylation sites is 2. The minimum absolute atomic E-state index is 0.0472. The zero-order chi connectivity index (χ0) is 13.7. The number of hydrogen-bond donors (Lipinski definition) is 2. The number of amides is 1. The molecular formula is C14H13IN2O2. The standard InChI is InChI=1S/C14H13IN2O2/c15-10-4-3-5-11(8-10)19-9-14(18)17-13-7-2-1-6-12(13)16/h1-8H,9,16H2,(H,17,18). The fourth-order valence-corrected chi connectivity index (χ4v) is 2.02. The summed E-state index contributed by atoms with van der Waals surface area (Å²) in [6, 6.07) is 14.6. The largest absolute Gasteiger partial charge is 0.484 e. The lowest BCUT2D eigenvalue weighted by Crippen LogP contribution is -2.20. The number of anilines is 2. The summed E-state index contributed by atoms with van der Waals surface area (Å²) in [7, 11) is 0. The van der Waals surface area contributed by atoms with Crippen molar-refractivity contribution in [2.24, 2.45) is 0 Å². The average molecular weight is 368 g/mol. The maximum absolute atomic E-state index is 11.7. The lowest BCUT2D eigenvalue weighted by Gasteiger charge is -2.09. The van der Waals surface area contributed by atoms with Gasteiger partial charge in [-0.1, -0.05) is 18.2 Å². The van der Waals surface area contributed by atoms with E-state index in [1.807, 2.05) is 36.4 Å². The van der Waals surface area contributed by atoms with E-state index >= 15 is 0 Å². The van der Waals surface area contributed by atoms with Gasteiger partial charge < -0.3 is 15.8 Å². The summed E-state index contributed by atoms with van der Waals surface area (Å²) in [6.45, 7) is -0.0472. The van der Waals surface area contributed by atoms with Gasteiger partial charge >= 0.3 is 0 Å². The van der Waals surface area contributed by atoms with E-state index in [0.29, 0.717) is 17.1 Å². The second-order valence-electron chi connectivity index (χ2n) is 3.88. The van der Waals surface area contributed by atoms with Crippen molar-refractivity contribution in [1.29, 1.82) is 0 Å². The van der Waals surface area contributed by atoms with Crippen molar-refractivity contribution in [2.45, 2.75) is 0 Å². The number of nitrogens with two attached hydrogens (primary N) is 1. The van der Waals surface area contributed by atoms with E-state index in [2.05, 4.69) is 27.9 Å². The van der Waals surface area contributed by atoms with E-state index in [0.717, 1.165) is 3.57 Å². The van der Waals surface area contributed by atoms with Crippen LogP contribution in [0.2, 0.25) is 0 Å². The van der Waals surface area contributed by atoms with Crippen LogP contribution in [0.25, 0.3) is 0 Å². The van der Waals surface area contributed by atoms with Gasteiger partial charge in [0.1, 0.15) is 5.75 Å². The third-order valence-corrected chi connectivity index (χ3v) is 3.07. The molecule has 0 fully saturated rings. The van der Waals surface area contributed by atoms with E-state index in [9.17, 15) is 4.79 Å². The quantitative estimate of drug-likeness (QED) is 0.645. The Balaban J connectivity index is 1.90. The van der Waals surface area contributed by atoms with Crippen LogP contribution in [0.5, 0.6) is 5.75 Å². The van der Waals surface area contributed by atoms with Gasteiger partial charge in [-0.2, -0.15) is 0 Å². The van der Waals surface area contributed by atoms with E-state index in [1.165, 1.54) is 0 Å². The molecule has 1 amide bonds. The number of benzene rings is 2. The highest BCUT2D eigenvalue weighted by Gasteiger charge is 2.05. The summed E-state index contributed by atoms with van der Waals surface area (Å²) in [6.07, 6.45) is 0. The molecule has 0 bridgehead atoms. The van der Waals surface area contributed by atoms with Crippen molar-refractivity contribution < 1.29 is 9.53 Å². The fraction of sp³-hybridized carbons (Fsp3) is 0.0714. The van der Waals surface area contributed by atoms with Crippen LogP contribution in [-0.2, 0) is 4.79 Å². The number of carbonyl (C=O) groups is 1. The van der Waals surface area contributed by atoms with Crippen LogP contribution in [-0.4, -0.2) is 12.5 Å². The van der Waals surface area contributed by atoms with E-state index in [-0.39, 0.29) is 12.5 Å². The van der Waals surface area contributed by atoms with E-state index in [4.69, 9.17) is 10.5 Å². The Morgan fingerprint density at radius 3 is 2.74 bits per heavy atom. The zero-order valence-electron chi connectivity index (χ0n) is 10.1. The second-order valence-corrected chi connectivity index (χ2v) is 5.13. The van der Waals surface area contributed by atoms with Crippen LogP contribution in [0.4, 0.5) is 11.4 Å². The van der Waals surface area contributed by atoms with Crippen LogP contribution in [0.3, 0.4) is 0 Å². The molecule has 0 saturated heterocycles. The highest BCUT2D eigenvalue weighted by molar-refractivity contribution is 14.1. The van der Waals surface area contributed by atoms with Gasteiger partial charge in [0.05, 0.1) is 11.4 Å². The van der Waals surface area contributed by atoms with Crippen molar-refractivity contribution in [3.63, 3.8) is 0 Å². The molecular weight excluding hydrogens is 355 g/mol. The molecule has 4 nitrogen and oxygen atoms in total. The predicted octanol–water partition coefficient (Wildman–Crippen LogP) is 2.89. The molecule has 0 aromatic heterocycles. The molecule has 3 N–H and O–H groups in total. The van der Waals surface area contributed by atoms with Crippen LogP contribution >= 0.6 is 22.6 Å². The molecule has 0 heterocycles. The number of nitrogens with one attached hydrogen (secondary N) is 1. The molecule has 0 atom stereocenters. The Labute approximate surface area is 125 Å². The number of ether oxygens (including phenoxy) is 1. The molecule has 2 aromatic carbocycles. The summed E-state index contributed by atoms with van der Waals surface area (Å²) in [5.74, 6) is 0.430. The van der Waals surface area contributed by atoms with Gasteiger partial charge in [-0.3, -0.25) is 4.79 Å². The van der Waals surface area contributed by atoms with Gasteiger partial charge in [-0.25, -0.2) is 0 Å². The third-order valence-electron chi connectivity index (χ3n) is 2.40. The molecule has 0 aliphatic heterocycles. The minimum atomic E-state index is -0.239. The summed E-state index contributed by atoms with van der Waals surface area (Å²) in [5.41, 5.74) is 6.87. The number of carbonyl (C=O) groups excluding carboxylic acids is 1. The summed E-state index contributed by atoms with van der Waals surface area (Å²) in [5, 5.41) is 2.70. The Hall–Kier alpha value is -1.76. The first kappa shape index (κ1) is 13.7. The predicted molar refractivity (Wildman–Crippen MR) is 84.1 cm³/mol. The van der Waals surface area contributed by atoms with Crippen LogP contribution < -0.4 is 15.8 Å². The second kappa shape index (κ2) is 6.42. The van der Waals surface area contributed by atoms with Crippen molar-refractivity contribution in [2.75, 3.05) is 17.7 Å². The zero-order valence-corrected chi connectivity index (χ0v) is 12.3. The minimum Gasteiger partial charge on any atom is -0.484 e. The molecule has 19 heavy (non-hydrogen) atoms. The normalized spacial score (nSPS) is 9.95. The van der Waals surface area contributed by atoms with Crippen molar-refractivity contribution in [3.8, 4) is 5.75 Å². The molecule has 2 rings (SSSR count). The smallest absolute Gasteiger partial charge is 0.262 e. The highest BCUT2D eigenvalue weighted by Crippen LogP contribution is 2.17. The molecule has 5 heteroatoms. The van der Waals surface area contributed by atoms with E-state index < -0.39 is 0 Å². The number of halogens is 1. The van der Waals surface area contributed by atoms with Gasteiger partial charge in [0, 0.05) is 3.57 Å². The Bertz CT molecular complexity index is 587. The fourth-order valence-electron chi connectivity index (χ4n) is 1.50. The molecule has 2 aromatic rings. The molecule has 0 aliphatic carbocycles. The van der Waals surface area contributed by atoms with Crippen LogP contribution in [0.1, 0.15) is 0 Å². The SMILES string of the molecule is Nc1ccccc1NC(=O)COc1cccc(I)c1. The molecule has 0 aliphatic rings. The van der Waals surface area contributed by atoms with Gasteiger partial charge in [-0.05, 0) is 52.9 Å². The topological polar surface area (TPSA) is 64.3 Å². The van der Waals surface area contributed by atoms with Gasteiger partial charge in [0.25, 0.3) is 5.91 Å². The van der Waals surface area contributed by atoms with Crippen molar-refractivity contribution >= 4 is 39.9 Å². The maximum atomic E-state index is 11.7. The number of hydrogen-bond acceptors (Lipinski definition) is 3. The summed E-state index contributed by atoms with van der Waals surface area (Å²) in [4.78, 5) is 11.7. The number of nitrogen functional groups attached to an aromatic ring is 1. The third kappa shape index (κ3) is 4.13. The molecule has 0 radical (unpaired) electrons. The van der Waals surface area contributed by atoms with Crippen LogP contribution in [0.15, 0.2) is 48.5 Å². The molecule has 0 saturated carbocycles. The molecule has 98 valence electrons. The first-order chi connectivity index (χ1) is 9.15. The Morgan fingerprint density at radius 1 is 1.21 bits per heavy atom.